The third-order valence-corrected chi connectivity index (χ3v) is 4.97. The lowest BCUT2D eigenvalue weighted by Gasteiger charge is -2.07. The Kier molecular flexibility index (Phi) is 5.73. The topological polar surface area (TPSA) is 113 Å². The van der Waals surface area contributed by atoms with Gasteiger partial charge in [-0.1, -0.05) is 12.1 Å². The van der Waals surface area contributed by atoms with Crippen LogP contribution in [0.5, 0.6) is 0 Å². The number of hydrogen-bond donors (Lipinski definition) is 3. The van der Waals surface area contributed by atoms with Crippen molar-refractivity contribution in [1.82, 2.24) is 10.0 Å². The number of nitrogens with one attached hydrogen (secondary N) is 2. The van der Waals surface area contributed by atoms with Crippen LogP contribution in [0.25, 0.3) is 0 Å². The average molecular weight is 340 g/mol. The van der Waals surface area contributed by atoms with Crippen molar-refractivity contribution in [3.05, 3.63) is 29.8 Å². The molecule has 1 saturated carbocycles. The van der Waals surface area contributed by atoms with Crippen molar-refractivity contribution in [3.8, 4) is 0 Å². The summed E-state index contributed by atoms with van der Waals surface area (Å²) in [5, 5.41) is 11.0. The summed E-state index contributed by atoms with van der Waals surface area (Å²) in [6.45, 7) is 0.109. The Morgan fingerprint density at radius 2 is 1.78 bits per heavy atom. The molecule has 0 unspecified atom stereocenters. The van der Waals surface area contributed by atoms with Gasteiger partial charge in [-0.3, -0.25) is 9.59 Å². The molecule has 126 valence electrons. The van der Waals surface area contributed by atoms with E-state index in [1.165, 1.54) is 12.1 Å². The third kappa shape index (κ3) is 5.99. The van der Waals surface area contributed by atoms with E-state index in [-0.39, 0.29) is 36.2 Å². The molecule has 0 aliphatic heterocycles. The van der Waals surface area contributed by atoms with E-state index in [1.807, 2.05) is 0 Å². The van der Waals surface area contributed by atoms with Gasteiger partial charge in [-0.25, -0.2) is 13.1 Å². The van der Waals surface area contributed by atoms with Crippen molar-refractivity contribution in [2.45, 2.75) is 43.0 Å². The van der Waals surface area contributed by atoms with E-state index >= 15 is 0 Å². The highest BCUT2D eigenvalue weighted by Gasteiger charge is 2.27. The van der Waals surface area contributed by atoms with Gasteiger partial charge in [0, 0.05) is 19.0 Å². The fraction of sp³-hybridized carbons (Fsp3) is 0.467. The zero-order valence-electron chi connectivity index (χ0n) is 12.6. The van der Waals surface area contributed by atoms with E-state index in [9.17, 15) is 18.0 Å². The molecule has 0 aromatic heterocycles. The standard InChI is InChI=1S/C15H20N2O5S/c18-14(16-10-9-15(19)20)8-3-11-1-6-13(7-2-11)23(21,22)17-12-4-5-12/h1-2,6-7,12,17H,3-5,8-10H2,(H,16,18)(H,19,20). The minimum Gasteiger partial charge on any atom is -0.481 e. The summed E-state index contributed by atoms with van der Waals surface area (Å²) in [5.41, 5.74) is 0.851. The molecule has 3 N–H and O–H groups in total. The monoisotopic (exact) mass is 340 g/mol. The fourth-order valence-corrected chi connectivity index (χ4v) is 3.28. The lowest BCUT2D eigenvalue weighted by Crippen LogP contribution is -2.26. The van der Waals surface area contributed by atoms with Crippen molar-refractivity contribution in [3.63, 3.8) is 0 Å². The van der Waals surface area contributed by atoms with Gasteiger partial charge in [0.05, 0.1) is 11.3 Å². The number of sulfonamides is 1. The Hall–Kier alpha value is -1.93. The molecule has 0 bridgehead atoms. The molecule has 1 aromatic rings. The number of carbonyl (C=O) groups is 2. The summed E-state index contributed by atoms with van der Waals surface area (Å²) in [5.74, 6) is -1.18. The quantitative estimate of drug-likeness (QED) is 0.611. The molecular formula is C15H20N2O5S. The summed E-state index contributed by atoms with van der Waals surface area (Å²) in [4.78, 5) is 22.1. The Balaban J connectivity index is 1.80. The molecule has 0 radical (unpaired) electrons. The highest BCUT2D eigenvalue weighted by atomic mass is 32.2. The van der Waals surface area contributed by atoms with Gasteiger partial charge >= 0.3 is 5.97 Å². The van der Waals surface area contributed by atoms with Crippen LogP contribution in [-0.2, 0) is 26.0 Å². The van der Waals surface area contributed by atoms with Crippen LogP contribution in [0.1, 0.15) is 31.2 Å². The van der Waals surface area contributed by atoms with Crippen molar-refractivity contribution in [2.24, 2.45) is 0 Å². The molecular weight excluding hydrogens is 320 g/mol. The van der Waals surface area contributed by atoms with Gasteiger partial charge in [0.2, 0.25) is 15.9 Å². The van der Waals surface area contributed by atoms with Gasteiger partial charge in [-0.2, -0.15) is 0 Å². The normalized spacial score (nSPS) is 14.4. The number of rotatable bonds is 9. The van der Waals surface area contributed by atoms with Crippen LogP contribution >= 0.6 is 0 Å². The molecule has 1 amide bonds. The Labute approximate surface area is 135 Å². The first kappa shape index (κ1) is 17.4. The van der Waals surface area contributed by atoms with Crippen LogP contribution in [0.3, 0.4) is 0 Å². The van der Waals surface area contributed by atoms with E-state index in [2.05, 4.69) is 10.0 Å². The summed E-state index contributed by atoms with van der Waals surface area (Å²) < 4.78 is 26.6. The Bertz CT molecular complexity index is 666. The van der Waals surface area contributed by atoms with Crippen molar-refractivity contribution >= 4 is 21.9 Å². The second-order valence-corrected chi connectivity index (χ2v) is 7.25. The van der Waals surface area contributed by atoms with Crippen LogP contribution in [0.15, 0.2) is 29.2 Å². The Morgan fingerprint density at radius 1 is 1.13 bits per heavy atom. The molecule has 1 aliphatic carbocycles. The molecule has 1 aliphatic rings. The first-order chi connectivity index (χ1) is 10.9. The first-order valence-corrected chi connectivity index (χ1v) is 8.95. The van der Waals surface area contributed by atoms with Crippen LogP contribution < -0.4 is 10.0 Å². The molecule has 23 heavy (non-hydrogen) atoms. The van der Waals surface area contributed by atoms with E-state index in [4.69, 9.17) is 5.11 Å². The number of aryl methyl sites for hydroxylation is 1. The number of amides is 1. The third-order valence-electron chi connectivity index (χ3n) is 3.43. The van der Waals surface area contributed by atoms with E-state index in [0.717, 1.165) is 18.4 Å². The first-order valence-electron chi connectivity index (χ1n) is 7.46. The van der Waals surface area contributed by atoms with Crippen molar-refractivity contribution in [1.29, 1.82) is 0 Å². The molecule has 0 heterocycles. The fourth-order valence-electron chi connectivity index (χ4n) is 1.98. The molecule has 0 atom stereocenters. The lowest BCUT2D eigenvalue weighted by atomic mass is 10.1. The van der Waals surface area contributed by atoms with E-state index < -0.39 is 16.0 Å². The molecule has 1 fully saturated rings. The average Bonchev–Trinajstić information content (AvgIpc) is 3.28. The SMILES string of the molecule is O=C(O)CCNC(=O)CCc1ccc(S(=O)(=O)NC2CC2)cc1. The maximum Gasteiger partial charge on any atom is 0.305 e. The van der Waals surface area contributed by atoms with Crippen LogP contribution in [0.2, 0.25) is 0 Å². The highest BCUT2D eigenvalue weighted by molar-refractivity contribution is 7.89. The van der Waals surface area contributed by atoms with Gasteiger partial charge < -0.3 is 10.4 Å². The van der Waals surface area contributed by atoms with Gasteiger partial charge in [-0.05, 0) is 37.0 Å². The van der Waals surface area contributed by atoms with Gasteiger partial charge in [-0.15, -0.1) is 0 Å². The van der Waals surface area contributed by atoms with Crippen LogP contribution in [-0.4, -0.2) is 38.0 Å². The predicted octanol–water partition coefficient (Wildman–Crippen LogP) is 0.651. The smallest absolute Gasteiger partial charge is 0.305 e. The van der Waals surface area contributed by atoms with Crippen LogP contribution in [0, 0.1) is 0 Å². The molecule has 0 spiro atoms. The largest absolute Gasteiger partial charge is 0.481 e. The number of carbonyl (C=O) groups excluding carboxylic acids is 1. The predicted molar refractivity (Wildman–Crippen MR) is 83.4 cm³/mol. The zero-order chi connectivity index (χ0) is 16.9. The number of benzene rings is 1. The number of carboxylic acids is 1. The summed E-state index contributed by atoms with van der Waals surface area (Å²) in [7, 11) is -3.45. The number of hydrogen-bond acceptors (Lipinski definition) is 4. The summed E-state index contributed by atoms with van der Waals surface area (Å²) in [6.07, 6.45) is 2.36. The molecule has 0 saturated heterocycles. The summed E-state index contributed by atoms with van der Waals surface area (Å²) >= 11 is 0. The van der Waals surface area contributed by atoms with Gasteiger partial charge in [0.15, 0.2) is 0 Å². The lowest BCUT2D eigenvalue weighted by molar-refractivity contribution is -0.136. The van der Waals surface area contributed by atoms with Crippen LogP contribution in [0.4, 0.5) is 0 Å². The van der Waals surface area contributed by atoms with E-state index in [0.29, 0.717) is 6.42 Å². The Morgan fingerprint density at radius 3 is 2.35 bits per heavy atom. The van der Waals surface area contributed by atoms with Crippen molar-refractivity contribution < 1.29 is 23.1 Å². The second kappa shape index (κ2) is 7.56. The molecule has 8 heteroatoms. The minimum atomic E-state index is -3.45. The maximum absolute atomic E-state index is 12.0. The van der Waals surface area contributed by atoms with Crippen molar-refractivity contribution in [2.75, 3.05) is 6.54 Å². The molecule has 2 rings (SSSR count). The highest BCUT2D eigenvalue weighted by Crippen LogP contribution is 2.22. The van der Waals surface area contributed by atoms with Gasteiger partial charge in [0.1, 0.15) is 0 Å². The molecule has 7 nitrogen and oxygen atoms in total. The number of aliphatic carboxylic acids is 1. The second-order valence-electron chi connectivity index (χ2n) is 5.53. The zero-order valence-corrected chi connectivity index (χ0v) is 13.4. The number of carboxylic acid groups (broad SMARTS) is 1. The summed E-state index contributed by atoms with van der Waals surface area (Å²) in [6, 6.07) is 6.50. The maximum atomic E-state index is 12.0. The van der Waals surface area contributed by atoms with Gasteiger partial charge in [0.25, 0.3) is 0 Å². The molecule has 1 aromatic carbocycles. The van der Waals surface area contributed by atoms with E-state index in [1.54, 1.807) is 12.1 Å². The minimum absolute atomic E-state index is 0.0641.